The van der Waals surface area contributed by atoms with Crippen molar-refractivity contribution in [1.29, 1.82) is 0 Å². The van der Waals surface area contributed by atoms with E-state index in [9.17, 15) is 0 Å². The van der Waals surface area contributed by atoms with Crippen molar-refractivity contribution in [2.45, 2.75) is 33.3 Å². The molecule has 0 rings (SSSR count). The largest absolute Gasteiger partial charge is 0.393 e. The highest BCUT2D eigenvalue weighted by Gasteiger charge is 1.93. The fraction of sp³-hybridized carbons (Fsp3) is 0.714. The molecule has 0 bridgehead atoms. The average Bonchev–Trinajstić information content (AvgIpc) is 1.65. The Bertz CT molecular complexity index is 82.4. The van der Waals surface area contributed by atoms with Gasteiger partial charge in [-0.3, -0.25) is 0 Å². The molecule has 0 aliphatic heterocycles. The predicted octanol–water partition coefficient (Wildman–Crippen LogP) is 1.72. The Kier molecular flexibility index (Phi) is 3.53. The second-order valence-corrected chi connectivity index (χ2v) is 2.19. The quantitative estimate of drug-likeness (QED) is 0.542. The van der Waals surface area contributed by atoms with Crippen molar-refractivity contribution >= 4 is 0 Å². The van der Waals surface area contributed by atoms with E-state index < -0.39 is 0 Å². The van der Waals surface area contributed by atoms with Gasteiger partial charge in [-0.1, -0.05) is 11.6 Å². The van der Waals surface area contributed by atoms with E-state index in [0.717, 1.165) is 6.42 Å². The lowest BCUT2D eigenvalue weighted by Gasteiger charge is -2.01. The zero-order valence-corrected chi connectivity index (χ0v) is 5.81. The van der Waals surface area contributed by atoms with Crippen LogP contribution in [0, 0.1) is 0 Å². The molecule has 0 heterocycles. The summed E-state index contributed by atoms with van der Waals surface area (Å²) >= 11 is 0. The lowest BCUT2D eigenvalue weighted by Crippen LogP contribution is -1.98. The summed E-state index contributed by atoms with van der Waals surface area (Å²) in [4.78, 5) is 0. The van der Waals surface area contributed by atoms with Gasteiger partial charge in [0.15, 0.2) is 0 Å². The van der Waals surface area contributed by atoms with E-state index in [1.165, 1.54) is 5.57 Å². The first-order valence-corrected chi connectivity index (χ1v) is 2.96. The van der Waals surface area contributed by atoms with Crippen LogP contribution in [-0.4, -0.2) is 11.2 Å². The summed E-state index contributed by atoms with van der Waals surface area (Å²) in [5.74, 6) is 0. The third kappa shape index (κ3) is 3.88. The van der Waals surface area contributed by atoms with Crippen LogP contribution in [0.1, 0.15) is 27.2 Å². The van der Waals surface area contributed by atoms with Crippen LogP contribution in [0.5, 0.6) is 0 Å². The first-order chi connectivity index (χ1) is 3.66. The molecule has 0 radical (unpaired) electrons. The zero-order valence-electron chi connectivity index (χ0n) is 5.81. The van der Waals surface area contributed by atoms with Gasteiger partial charge in [-0.05, 0) is 27.2 Å². The number of allylic oxidation sites excluding steroid dienone is 1. The van der Waals surface area contributed by atoms with Crippen molar-refractivity contribution in [3.05, 3.63) is 11.6 Å². The molecule has 0 aliphatic rings. The summed E-state index contributed by atoms with van der Waals surface area (Å²) in [7, 11) is 0. The second-order valence-electron chi connectivity index (χ2n) is 2.19. The molecule has 1 heteroatoms. The monoisotopic (exact) mass is 114 g/mol. The molecule has 0 aromatic heterocycles. The van der Waals surface area contributed by atoms with Gasteiger partial charge in [0.2, 0.25) is 0 Å². The fourth-order valence-corrected chi connectivity index (χ4v) is 0.584. The van der Waals surface area contributed by atoms with Crippen molar-refractivity contribution in [3.8, 4) is 0 Å². The van der Waals surface area contributed by atoms with Gasteiger partial charge in [0, 0.05) is 0 Å². The summed E-state index contributed by atoms with van der Waals surface area (Å²) in [5, 5.41) is 8.81. The van der Waals surface area contributed by atoms with E-state index in [1.54, 1.807) is 6.92 Å². The maximum absolute atomic E-state index is 8.81. The summed E-state index contributed by atoms with van der Waals surface area (Å²) in [6.45, 7) is 5.80. The summed E-state index contributed by atoms with van der Waals surface area (Å²) in [6, 6.07) is 0. The van der Waals surface area contributed by atoms with Crippen molar-refractivity contribution < 1.29 is 5.11 Å². The molecule has 48 valence electrons. The molecule has 0 aliphatic carbocycles. The van der Waals surface area contributed by atoms with Crippen molar-refractivity contribution in [2.24, 2.45) is 0 Å². The molecule has 0 aromatic carbocycles. The molecule has 1 unspecified atom stereocenters. The predicted molar refractivity (Wildman–Crippen MR) is 35.7 cm³/mol. The Balaban J connectivity index is 3.39. The van der Waals surface area contributed by atoms with Gasteiger partial charge in [-0.25, -0.2) is 0 Å². The first kappa shape index (κ1) is 7.70. The molecule has 1 nitrogen and oxygen atoms in total. The van der Waals surface area contributed by atoms with Crippen LogP contribution < -0.4 is 0 Å². The molecule has 1 N–H and O–H groups in total. The molecule has 0 fully saturated rings. The van der Waals surface area contributed by atoms with E-state index >= 15 is 0 Å². The molecule has 0 aromatic rings. The summed E-state index contributed by atoms with van der Waals surface area (Å²) in [6.07, 6.45) is 2.63. The third-order valence-electron chi connectivity index (χ3n) is 1.11. The van der Waals surface area contributed by atoms with E-state index in [4.69, 9.17) is 5.11 Å². The van der Waals surface area contributed by atoms with Gasteiger partial charge in [-0.15, -0.1) is 0 Å². The second kappa shape index (κ2) is 3.67. The maximum Gasteiger partial charge on any atom is 0.0549 e. The highest BCUT2D eigenvalue weighted by atomic mass is 16.3. The third-order valence-corrected chi connectivity index (χ3v) is 1.11. The van der Waals surface area contributed by atoms with E-state index in [0.29, 0.717) is 0 Å². The van der Waals surface area contributed by atoms with Gasteiger partial charge < -0.3 is 5.11 Å². The van der Waals surface area contributed by atoms with Crippen LogP contribution in [0.2, 0.25) is 0 Å². The highest BCUT2D eigenvalue weighted by molar-refractivity contribution is 4.96. The Morgan fingerprint density at radius 1 is 1.75 bits per heavy atom. The Morgan fingerprint density at radius 3 is 2.38 bits per heavy atom. The van der Waals surface area contributed by atoms with Crippen molar-refractivity contribution in [3.63, 3.8) is 0 Å². The zero-order chi connectivity index (χ0) is 6.57. The minimum Gasteiger partial charge on any atom is -0.393 e. The maximum atomic E-state index is 8.81. The van der Waals surface area contributed by atoms with E-state index in [-0.39, 0.29) is 6.10 Å². The molecular weight excluding hydrogens is 100 g/mol. The number of hydrogen-bond donors (Lipinski definition) is 1. The standard InChI is InChI=1S/C7H14O/c1-4-6(2)5-7(3)8/h4,7-8H,5H2,1-3H3. The van der Waals surface area contributed by atoms with E-state index in [1.807, 2.05) is 19.9 Å². The summed E-state index contributed by atoms with van der Waals surface area (Å²) < 4.78 is 0. The molecule has 8 heavy (non-hydrogen) atoms. The average molecular weight is 114 g/mol. The van der Waals surface area contributed by atoms with E-state index in [2.05, 4.69) is 0 Å². The molecule has 0 saturated heterocycles. The smallest absolute Gasteiger partial charge is 0.0549 e. The van der Waals surface area contributed by atoms with Crippen molar-refractivity contribution in [1.82, 2.24) is 0 Å². The topological polar surface area (TPSA) is 20.2 Å². The van der Waals surface area contributed by atoms with Crippen molar-refractivity contribution in [2.75, 3.05) is 0 Å². The van der Waals surface area contributed by atoms with Crippen LogP contribution in [-0.2, 0) is 0 Å². The van der Waals surface area contributed by atoms with Gasteiger partial charge in [0.1, 0.15) is 0 Å². The molecule has 0 saturated carbocycles. The number of rotatable bonds is 2. The Labute approximate surface area is 51.0 Å². The molecular formula is C7H14O. The van der Waals surface area contributed by atoms with Crippen LogP contribution >= 0.6 is 0 Å². The molecule has 1 atom stereocenters. The minimum absolute atomic E-state index is 0.189. The van der Waals surface area contributed by atoms with Crippen LogP contribution in [0.4, 0.5) is 0 Å². The molecule has 0 spiro atoms. The van der Waals surface area contributed by atoms with Crippen LogP contribution in [0.3, 0.4) is 0 Å². The number of aliphatic hydroxyl groups is 1. The Hall–Kier alpha value is -0.300. The van der Waals surface area contributed by atoms with Gasteiger partial charge in [0.25, 0.3) is 0 Å². The van der Waals surface area contributed by atoms with Gasteiger partial charge in [0.05, 0.1) is 6.10 Å². The fourth-order valence-electron chi connectivity index (χ4n) is 0.584. The van der Waals surface area contributed by atoms with Crippen LogP contribution in [0.25, 0.3) is 0 Å². The molecule has 0 amide bonds. The summed E-state index contributed by atoms with van der Waals surface area (Å²) in [5.41, 5.74) is 1.25. The minimum atomic E-state index is -0.189. The number of aliphatic hydroxyl groups excluding tert-OH is 1. The van der Waals surface area contributed by atoms with Gasteiger partial charge >= 0.3 is 0 Å². The number of hydrogen-bond acceptors (Lipinski definition) is 1. The first-order valence-electron chi connectivity index (χ1n) is 2.96. The lowest BCUT2D eigenvalue weighted by atomic mass is 10.1. The van der Waals surface area contributed by atoms with Gasteiger partial charge in [-0.2, -0.15) is 0 Å². The Morgan fingerprint density at radius 2 is 2.25 bits per heavy atom. The normalized spacial score (nSPS) is 16.2. The SMILES string of the molecule is CC=C(C)CC(C)O. The highest BCUT2D eigenvalue weighted by Crippen LogP contribution is 2.01. The van der Waals surface area contributed by atoms with Crippen LogP contribution in [0.15, 0.2) is 11.6 Å². The lowest BCUT2D eigenvalue weighted by molar-refractivity contribution is 0.195.